The molecule has 0 bridgehead atoms. The maximum Gasteiger partial charge on any atom is 0.337 e. The second-order valence-electron chi connectivity index (χ2n) is 8.87. The maximum absolute atomic E-state index is 11.6. The number of nitrogens with zero attached hydrogens (tertiary/aromatic N) is 2. The fourth-order valence-corrected chi connectivity index (χ4v) is 4.97. The minimum atomic E-state index is -1.05. The van der Waals surface area contributed by atoms with Gasteiger partial charge in [0.05, 0.1) is 23.4 Å². The zero-order valence-corrected chi connectivity index (χ0v) is 18.8. The van der Waals surface area contributed by atoms with E-state index in [1.807, 2.05) is 6.07 Å². The number of hydrogen-bond donors (Lipinski definition) is 1. The van der Waals surface area contributed by atoms with E-state index >= 15 is 0 Å². The summed E-state index contributed by atoms with van der Waals surface area (Å²) in [6, 6.07) is 21.1. The van der Waals surface area contributed by atoms with Gasteiger partial charge in [0.25, 0.3) is 0 Å². The van der Waals surface area contributed by atoms with Crippen molar-refractivity contribution in [3.8, 4) is 23.1 Å². The van der Waals surface area contributed by atoms with Crippen molar-refractivity contribution in [1.29, 1.82) is 5.26 Å². The minimum Gasteiger partial charge on any atom is -0.492 e. The highest BCUT2D eigenvalue weighted by atomic mass is 16.5. The molecule has 0 amide bonds. The largest absolute Gasteiger partial charge is 0.492 e. The number of aromatic nitrogens is 1. The van der Waals surface area contributed by atoms with E-state index in [0.717, 1.165) is 12.8 Å². The van der Waals surface area contributed by atoms with Crippen LogP contribution in [0.3, 0.4) is 0 Å². The summed E-state index contributed by atoms with van der Waals surface area (Å²) in [5.74, 6) is -0.180. The van der Waals surface area contributed by atoms with Gasteiger partial charge in [-0.25, -0.2) is 4.79 Å². The van der Waals surface area contributed by atoms with Gasteiger partial charge in [0.2, 0.25) is 0 Å². The van der Waals surface area contributed by atoms with E-state index in [1.54, 1.807) is 30.5 Å². The van der Waals surface area contributed by atoms with Crippen LogP contribution in [0.2, 0.25) is 0 Å². The second-order valence-corrected chi connectivity index (χ2v) is 8.87. The molecule has 0 radical (unpaired) electrons. The van der Waals surface area contributed by atoms with E-state index in [0.29, 0.717) is 35.1 Å². The second kappa shape index (κ2) is 9.87. The van der Waals surface area contributed by atoms with Crippen molar-refractivity contribution in [2.24, 2.45) is 5.41 Å². The highest BCUT2D eigenvalue weighted by Crippen LogP contribution is 2.47. The Kier molecular flexibility index (Phi) is 6.74. The first-order valence-electron chi connectivity index (χ1n) is 11.4. The van der Waals surface area contributed by atoms with Gasteiger partial charge in [0.1, 0.15) is 11.8 Å². The highest BCUT2D eigenvalue weighted by Gasteiger charge is 2.39. The predicted octanol–water partition coefficient (Wildman–Crippen LogP) is 6.45. The van der Waals surface area contributed by atoms with Crippen LogP contribution in [0.25, 0.3) is 11.3 Å². The first-order chi connectivity index (χ1) is 16.0. The van der Waals surface area contributed by atoms with Crippen LogP contribution in [-0.4, -0.2) is 22.7 Å². The van der Waals surface area contributed by atoms with Crippen LogP contribution in [-0.2, 0) is 0 Å². The Morgan fingerprint density at radius 1 is 1.12 bits per heavy atom. The standard InChI is InChI=1S/C28H28N2O3/c1-20(21-9-4-2-5-10-21)28(14-6-3-7-15-28)19-33-25-13-12-22(17-23(25)18-29)26-24(27(31)32)11-8-16-30-26/h2,4-5,8-13,16-17,20H,3,6-7,14-15,19H2,1H3,(H,31,32). The Hall–Kier alpha value is -3.65. The van der Waals surface area contributed by atoms with E-state index in [9.17, 15) is 15.2 Å². The molecular formula is C28H28N2O3. The number of nitriles is 1. The summed E-state index contributed by atoms with van der Waals surface area (Å²) in [6.45, 7) is 2.83. The lowest BCUT2D eigenvalue weighted by Gasteiger charge is -2.42. The summed E-state index contributed by atoms with van der Waals surface area (Å²) in [4.78, 5) is 15.8. The zero-order valence-electron chi connectivity index (χ0n) is 18.8. The number of aromatic carboxylic acids is 1. The van der Waals surface area contributed by atoms with Crippen molar-refractivity contribution >= 4 is 5.97 Å². The van der Waals surface area contributed by atoms with Crippen molar-refractivity contribution in [1.82, 2.24) is 4.98 Å². The summed E-state index contributed by atoms with van der Waals surface area (Å²) in [7, 11) is 0. The molecule has 1 unspecified atom stereocenters. The Labute approximate surface area is 194 Å². The fraction of sp³-hybridized carbons (Fsp3) is 0.321. The van der Waals surface area contributed by atoms with Crippen LogP contribution in [0.5, 0.6) is 5.75 Å². The van der Waals surface area contributed by atoms with Crippen LogP contribution in [0, 0.1) is 16.7 Å². The lowest BCUT2D eigenvalue weighted by Crippen LogP contribution is -2.36. The molecule has 0 spiro atoms. The molecule has 5 heteroatoms. The molecule has 1 fully saturated rings. The summed E-state index contributed by atoms with van der Waals surface area (Å²) in [5.41, 5.74) is 2.75. The molecule has 1 saturated carbocycles. The van der Waals surface area contributed by atoms with Gasteiger partial charge in [-0.05, 0) is 54.7 Å². The molecule has 1 aliphatic rings. The number of pyridine rings is 1. The normalized spacial score (nSPS) is 15.9. The number of ether oxygens (including phenoxy) is 1. The number of carbonyl (C=O) groups is 1. The van der Waals surface area contributed by atoms with Gasteiger partial charge in [0, 0.05) is 17.2 Å². The average Bonchev–Trinajstić information content (AvgIpc) is 2.88. The number of hydrogen-bond acceptors (Lipinski definition) is 4. The van der Waals surface area contributed by atoms with Crippen LogP contribution in [0.15, 0.2) is 66.9 Å². The van der Waals surface area contributed by atoms with Crippen molar-refractivity contribution < 1.29 is 14.6 Å². The highest BCUT2D eigenvalue weighted by molar-refractivity contribution is 5.94. The Bertz CT molecular complexity index is 1160. The van der Waals surface area contributed by atoms with Crippen molar-refractivity contribution in [2.75, 3.05) is 6.61 Å². The first-order valence-corrected chi connectivity index (χ1v) is 11.4. The lowest BCUT2D eigenvalue weighted by molar-refractivity contribution is 0.0697. The smallest absolute Gasteiger partial charge is 0.337 e. The van der Waals surface area contributed by atoms with Crippen molar-refractivity contribution in [2.45, 2.75) is 44.9 Å². The van der Waals surface area contributed by atoms with Gasteiger partial charge in [0.15, 0.2) is 0 Å². The molecule has 1 N–H and O–H groups in total. The van der Waals surface area contributed by atoms with Gasteiger partial charge in [-0.2, -0.15) is 5.26 Å². The van der Waals surface area contributed by atoms with Gasteiger partial charge in [-0.3, -0.25) is 4.98 Å². The first kappa shape index (κ1) is 22.5. The Morgan fingerprint density at radius 3 is 2.58 bits per heavy atom. The van der Waals surface area contributed by atoms with Crippen LogP contribution in [0.4, 0.5) is 0 Å². The number of carboxylic acids is 1. The molecule has 1 aromatic heterocycles. The zero-order chi connectivity index (χ0) is 23.3. The average molecular weight is 441 g/mol. The van der Waals surface area contributed by atoms with Gasteiger partial charge in [-0.1, -0.05) is 56.5 Å². The van der Waals surface area contributed by atoms with E-state index in [1.165, 1.54) is 30.9 Å². The molecular weight excluding hydrogens is 412 g/mol. The monoisotopic (exact) mass is 440 g/mol. The third kappa shape index (κ3) is 4.75. The van der Waals surface area contributed by atoms with Gasteiger partial charge in [-0.15, -0.1) is 0 Å². The molecule has 33 heavy (non-hydrogen) atoms. The van der Waals surface area contributed by atoms with Gasteiger partial charge < -0.3 is 9.84 Å². The minimum absolute atomic E-state index is 0.0163. The molecule has 1 aliphatic carbocycles. The molecule has 1 atom stereocenters. The molecule has 5 nitrogen and oxygen atoms in total. The van der Waals surface area contributed by atoms with Crippen molar-refractivity contribution in [3.05, 3.63) is 83.6 Å². The van der Waals surface area contributed by atoms with E-state index < -0.39 is 5.97 Å². The Balaban J connectivity index is 1.61. The van der Waals surface area contributed by atoms with Gasteiger partial charge >= 0.3 is 5.97 Å². The molecule has 3 aromatic rings. The summed E-state index contributed by atoms with van der Waals surface area (Å²) in [5, 5.41) is 19.3. The van der Waals surface area contributed by atoms with E-state index in [4.69, 9.17) is 4.74 Å². The fourth-order valence-electron chi connectivity index (χ4n) is 4.97. The van der Waals surface area contributed by atoms with E-state index in [-0.39, 0.29) is 11.0 Å². The third-order valence-electron chi connectivity index (χ3n) is 6.99. The topological polar surface area (TPSA) is 83.2 Å². The molecule has 2 aromatic carbocycles. The Morgan fingerprint density at radius 2 is 1.88 bits per heavy atom. The molecule has 4 rings (SSSR count). The SMILES string of the molecule is CC(c1ccccc1)C1(COc2ccc(-c3ncccc3C(=O)O)cc2C#N)CCCCC1. The summed E-state index contributed by atoms with van der Waals surface area (Å²) < 4.78 is 6.32. The van der Waals surface area contributed by atoms with Crippen LogP contribution in [0.1, 0.15) is 66.4 Å². The maximum atomic E-state index is 11.6. The molecule has 168 valence electrons. The van der Waals surface area contributed by atoms with Crippen molar-refractivity contribution in [3.63, 3.8) is 0 Å². The number of rotatable bonds is 7. The summed E-state index contributed by atoms with van der Waals surface area (Å²) >= 11 is 0. The summed E-state index contributed by atoms with van der Waals surface area (Å²) in [6.07, 6.45) is 7.36. The van der Waals surface area contributed by atoms with Crippen LogP contribution >= 0.6 is 0 Å². The number of carboxylic acid groups (broad SMARTS) is 1. The lowest BCUT2D eigenvalue weighted by atomic mass is 9.65. The molecule has 1 heterocycles. The molecule has 0 saturated heterocycles. The third-order valence-corrected chi connectivity index (χ3v) is 6.99. The van der Waals surface area contributed by atoms with E-state index in [2.05, 4.69) is 42.2 Å². The molecule has 0 aliphatic heterocycles. The quantitative estimate of drug-likeness (QED) is 0.456. The predicted molar refractivity (Wildman–Crippen MR) is 127 cm³/mol. The van der Waals surface area contributed by atoms with Crippen LogP contribution < -0.4 is 4.74 Å². The number of benzene rings is 2.